The zero-order chi connectivity index (χ0) is 20.4. The molecule has 1 heterocycles. The second-order valence-electron chi connectivity index (χ2n) is 8.29. The highest BCUT2D eigenvalue weighted by Gasteiger charge is 2.38. The maximum atomic E-state index is 12.7. The topological polar surface area (TPSA) is 70.1 Å². The second-order valence-corrected chi connectivity index (χ2v) is 8.29. The molecular weight excluding hydrogens is 341 g/mol. The number of likely N-dealkylation sites (tertiary alicyclic amines) is 1. The highest BCUT2D eigenvalue weighted by atomic mass is 19.1. The Morgan fingerprint density at radius 2 is 1.78 bits per heavy atom. The summed E-state index contributed by atoms with van der Waals surface area (Å²) in [5.41, 5.74) is 5.09. The molecule has 2 aliphatic carbocycles. The van der Waals surface area contributed by atoms with Crippen LogP contribution in [0, 0.1) is 35.0 Å². The van der Waals surface area contributed by atoms with Gasteiger partial charge in [0.05, 0.1) is 19.2 Å². The van der Waals surface area contributed by atoms with Crippen molar-refractivity contribution in [1.29, 1.82) is 5.26 Å². The maximum Gasteiger partial charge on any atom is 0.237 e. The molecule has 4 unspecified atom stereocenters. The van der Waals surface area contributed by atoms with Crippen LogP contribution in [0.3, 0.4) is 0 Å². The van der Waals surface area contributed by atoms with Gasteiger partial charge in [-0.2, -0.15) is 5.26 Å². The molecule has 2 saturated carbocycles. The van der Waals surface area contributed by atoms with E-state index in [0.717, 1.165) is 23.7 Å². The number of amides is 1. The van der Waals surface area contributed by atoms with E-state index in [1.54, 1.807) is 0 Å². The van der Waals surface area contributed by atoms with Gasteiger partial charge in [-0.05, 0) is 49.4 Å². The van der Waals surface area contributed by atoms with E-state index >= 15 is 0 Å². The molecule has 1 saturated heterocycles. The van der Waals surface area contributed by atoms with E-state index in [1.807, 2.05) is 6.07 Å². The maximum absolute atomic E-state index is 12.7. The average Bonchev–Trinajstić information content (AvgIpc) is 3.33. The summed E-state index contributed by atoms with van der Waals surface area (Å²) in [5, 5.41) is 8.55. The van der Waals surface area contributed by atoms with Gasteiger partial charge < -0.3 is 10.6 Å². The highest BCUT2D eigenvalue weighted by molar-refractivity contribution is 5.79. The molecule has 154 valence electrons. The fourth-order valence-corrected chi connectivity index (χ4v) is 4.46. The molecule has 1 aliphatic heterocycles. The number of allylic oxidation sites excluding steroid dienone is 1. The first kappa shape index (κ1) is 23.6. The number of rotatable bonds is 3. The number of nitrogens with two attached hydrogens (primary N) is 1. The number of nitriles is 1. The number of fused-ring (bicyclic) bond motifs is 1. The number of hydrogen-bond acceptors (Lipinski definition) is 3. The molecule has 27 heavy (non-hydrogen) atoms. The average molecular weight is 380 g/mol. The normalized spacial score (nSPS) is 33.9. The molecule has 0 aromatic carbocycles. The summed E-state index contributed by atoms with van der Waals surface area (Å²) >= 11 is 0. The molecule has 0 radical (unpaired) electrons. The van der Waals surface area contributed by atoms with Crippen LogP contribution >= 0.6 is 0 Å². The van der Waals surface area contributed by atoms with E-state index in [2.05, 4.69) is 33.4 Å². The Kier molecular flexibility index (Phi) is 10.6. The molecule has 0 aromatic rings. The van der Waals surface area contributed by atoms with Crippen LogP contribution in [0.1, 0.15) is 65.7 Å². The molecule has 3 rings (SSSR count). The lowest BCUT2D eigenvalue weighted by Crippen LogP contribution is -2.39. The number of halogens is 1. The van der Waals surface area contributed by atoms with Crippen molar-refractivity contribution in [1.82, 2.24) is 4.90 Å². The summed E-state index contributed by atoms with van der Waals surface area (Å²) in [6.07, 6.45) is 9.72. The number of alkyl halides is 1. The predicted molar refractivity (Wildman–Crippen MR) is 109 cm³/mol. The number of hydrogen-bond donors (Lipinski definition) is 1. The molecule has 0 aromatic heterocycles. The van der Waals surface area contributed by atoms with E-state index in [4.69, 9.17) is 11.0 Å². The van der Waals surface area contributed by atoms with Gasteiger partial charge in [0.25, 0.3) is 0 Å². The molecule has 2 N–H and O–H groups in total. The third-order valence-corrected chi connectivity index (χ3v) is 6.02. The van der Waals surface area contributed by atoms with Gasteiger partial charge in [0, 0.05) is 6.42 Å². The van der Waals surface area contributed by atoms with Crippen molar-refractivity contribution in [3.8, 4) is 6.07 Å². The van der Waals surface area contributed by atoms with Crippen molar-refractivity contribution in [2.45, 2.75) is 77.9 Å². The van der Waals surface area contributed by atoms with Gasteiger partial charge in [0.1, 0.15) is 12.2 Å². The first-order valence-electron chi connectivity index (χ1n) is 10.6. The first-order chi connectivity index (χ1) is 12.9. The van der Waals surface area contributed by atoms with Crippen molar-refractivity contribution >= 4 is 5.91 Å². The Labute approximate surface area is 165 Å². The standard InChI is InChI=1S/C11H18.C7H10FN3O.C4H10/c1-3-9-6-10-4-8(2)5-11(10)7-9;8-5-1-6(2-9)11(4-5)7(12)3-10;1-3-4-2/h3,8-11H,1,4-7H2,2H3;5-6H,1,3-4,10H2;3-4H2,1-2H3/t8?,9?,10-,11+;;. The molecule has 0 bridgehead atoms. The Hall–Kier alpha value is -1.41. The first-order valence-corrected chi connectivity index (χ1v) is 10.6. The molecular formula is C22H38FN3O. The number of unbranched alkanes of at least 4 members (excludes halogenated alkanes) is 1. The summed E-state index contributed by atoms with van der Waals surface area (Å²) in [5.74, 6) is 3.64. The van der Waals surface area contributed by atoms with Gasteiger partial charge in [-0.3, -0.25) is 4.79 Å². The smallest absolute Gasteiger partial charge is 0.237 e. The van der Waals surface area contributed by atoms with Gasteiger partial charge in [0.2, 0.25) is 5.91 Å². The zero-order valence-electron chi connectivity index (χ0n) is 17.4. The summed E-state index contributed by atoms with van der Waals surface area (Å²) in [7, 11) is 0. The molecule has 0 spiro atoms. The largest absolute Gasteiger partial charge is 0.323 e. The van der Waals surface area contributed by atoms with Crippen LogP contribution in [-0.4, -0.2) is 36.1 Å². The minimum Gasteiger partial charge on any atom is -0.323 e. The minimum atomic E-state index is -1.08. The van der Waals surface area contributed by atoms with Gasteiger partial charge in [-0.15, -0.1) is 6.58 Å². The second kappa shape index (κ2) is 12.1. The van der Waals surface area contributed by atoms with E-state index in [0.29, 0.717) is 0 Å². The van der Waals surface area contributed by atoms with Gasteiger partial charge in [-0.25, -0.2) is 4.39 Å². The molecule has 6 atom stereocenters. The van der Waals surface area contributed by atoms with E-state index in [1.165, 1.54) is 43.4 Å². The predicted octanol–water partition coefficient (Wildman–Crippen LogP) is 4.46. The Balaban J connectivity index is 0.000000227. The lowest BCUT2D eigenvalue weighted by Gasteiger charge is -2.17. The molecule has 3 fully saturated rings. The van der Waals surface area contributed by atoms with Crippen molar-refractivity contribution < 1.29 is 9.18 Å². The van der Waals surface area contributed by atoms with Crippen LogP contribution in [0.15, 0.2) is 12.7 Å². The number of carbonyl (C=O) groups excluding carboxylic acids is 1. The third-order valence-electron chi connectivity index (χ3n) is 6.02. The molecule has 1 amide bonds. The van der Waals surface area contributed by atoms with E-state index < -0.39 is 12.2 Å². The summed E-state index contributed by atoms with van der Waals surface area (Å²) in [6, 6.07) is 1.24. The fraction of sp³-hybridized carbons (Fsp3) is 0.818. The van der Waals surface area contributed by atoms with Crippen molar-refractivity contribution in [3.05, 3.63) is 12.7 Å². The Morgan fingerprint density at radius 1 is 1.22 bits per heavy atom. The Morgan fingerprint density at radius 3 is 2.19 bits per heavy atom. The van der Waals surface area contributed by atoms with E-state index in [-0.39, 0.29) is 25.4 Å². The SMILES string of the molecule is C=CC1C[C@H]2CC(C)C[C@H]2C1.CCCC.N#CC1CC(F)CN1C(=O)CN. The van der Waals surface area contributed by atoms with Crippen molar-refractivity contribution in [2.75, 3.05) is 13.1 Å². The summed E-state index contributed by atoms with van der Waals surface area (Å²) in [4.78, 5) is 12.2. The highest BCUT2D eigenvalue weighted by Crippen LogP contribution is 2.49. The van der Waals surface area contributed by atoms with Gasteiger partial charge >= 0.3 is 0 Å². The van der Waals surface area contributed by atoms with Crippen molar-refractivity contribution in [3.63, 3.8) is 0 Å². The zero-order valence-corrected chi connectivity index (χ0v) is 17.4. The third kappa shape index (κ3) is 7.25. The van der Waals surface area contributed by atoms with Crippen LogP contribution < -0.4 is 5.73 Å². The lowest BCUT2D eigenvalue weighted by atomic mass is 10.00. The number of nitrogens with zero attached hydrogens (tertiary/aromatic N) is 2. The molecule has 4 nitrogen and oxygen atoms in total. The van der Waals surface area contributed by atoms with Crippen LogP contribution in [0.4, 0.5) is 4.39 Å². The van der Waals surface area contributed by atoms with Gasteiger partial charge in [0.15, 0.2) is 0 Å². The summed E-state index contributed by atoms with van der Waals surface area (Å²) < 4.78 is 12.7. The van der Waals surface area contributed by atoms with Gasteiger partial charge in [-0.1, -0.05) is 39.7 Å². The lowest BCUT2D eigenvalue weighted by molar-refractivity contribution is -0.129. The molecule has 5 heteroatoms. The fourth-order valence-electron chi connectivity index (χ4n) is 4.46. The molecule has 3 aliphatic rings. The van der Waals surface area contributed by atoms with Crippen LogP contribution in [0.5, 0.6) is 0 Å². The monoisotopic (exact) mass is 379 g/mol. The van der Waals surface area contributed by atoms with E-state index in [9.17, 15) is 9.18 Å². The minimum absolute atomic E-state index is 0.00819. The number of carbonyl (C=O) groups is 1. The van der Waals surface area contributed by atoms with Crippen LogP contribution in [0.25, 0.3) is 0 Å². The van der Waals surface area contributed by atoms with Crippen LogP contribution in [0.2, 0.25) is 0 Å². The van der Waals surface area contributed by atoms with Crippen LogP contribution in [-0.2, 0) is 4.79 Å². The quantitative estimate of drug-likeness (QED) is 0.736. The van der Waals surface area contributed by atoms with Crippen molar-refractivity contribution in [2.24, 2.45) is 29.4 Å². The summed E-state index contributed by atoms with van der Waals surface area (Å²) in [6.45, 7) is 10.5. The Bertz CT molecular complexity index is 488.